The minimum atomic E-state index is -3.78. The van der Waals surface area contributed by atoms with Crippen LogP contribution in [0.5, 0.6) is 11.5 Å². The summed E-state index contributed by atoms with van der Waals surface area (Å²) in [5, 5.41) is 24.9. The molecule has 1 aliphatic rings. The minimum absolute atomic E-state index is 0. The number of aromatic hydroxyl groups is 1. The van der Waals surface area contributed by atoms with Crippen LogP contribution in [0.2, 0.25) is 0 Å². The molecule has 0 spiro atoms. The fourth-order valence-corrected chi connectivity index (χ4v) is 4.95. The molecule has 1 aliphatic carbocycles. The zero-order valence-electron chi connectivity index (χ0n) is 20.6. The number of aliphatic hydroxyl groups is 1. The van der Waals surface area contributed by atoms with Gasteiger partial charge in [0.05, 0.1) is 11.8 Å². The van der Waals surface area contributed by atoms with E-state index in [1.165, 1.54) is 62.1 Å². The van der Waals surface area contributed by atoms with Gasteiger partial charge in [-0.2, -0.15) is 12.7 Å². The molecule has 0 bridgehead atoms. The van der Waals surface area contributed by atoms with Crippen LogP contribution in [0, 0.1) is 0 Å². The minimum Gasteiger partial charge on any atom is -0.506 e. The van der Waals surface area contributed by atoms with Crippen LogP contribution in [-0.2, 0) is 23.1 Å². The molecular formula is C25H35ClN4O5S. The lowest BCUT2D eigenvalue weighted by Gasteiger charge is -2.17. The molecule has 4 rings (SSSR count). The first kappa shape index (κ1) is 28.1. The Balaban J connectivity index is 0.00000361. The maximum Gasteiger partial charge on any atom is 0.301 e. The van der Waals surface area contributed by atoms with Crippen molar-refractivity contribution in [2.75, 3.05) is 38.5 Å². The Hall–Kier alpha value is -2.50. The smallest absolute Gasteiger partial charge is 0.301 e. The van der Waals surface area contributed by atoms with E-state index in [-0.39, 0.29) is 30.4 Å². The van der Waals surface area contributed by atoms with Crippen molar-refractivity contribution >= 4 is 39.2 Å². The number of nitrogens with zero attached hydrogens (tertiary/aromatic N) is 1. The topological polar surface area (TPSA) is 127 Å². The lowest BCUT2D eigenvalue weighted by atomic mass is 10.1. The zero-order valence-corrected chi connectivity index (χ0v) is 22.2. The number of benzene rings is 2. The van der Waals surface area contributed by atoms with E-state index in [1.54, 1.807) is 6.07 Å². The van der Waals surface area contributed by atoms with E-state index in [9.17, 15) is 18.6 Å². The van der Waals surface area contributed by atoms with Crippen molar-refractivity contribution in [3.63, 3.8) is 0 Å². The highest BCUT2D eigenvalue weighted by atomic mass is 35.5. The van der Waals surface area contributed by atoms with Crippen LogP contribution in [0.4, 0.5) is 5.69 Å². The van der Waals surface area contributed by atoms with Gasteiger partial charge in [-0.25, -0.2) is 0 Å². The second-order valence-electron chi connectivity index (χ2n) is 9.08. The number of hydrogen-bond acceptors (Lipinski definition) is 6. The van der Waals surface area contributed by atoms with Gasteiger partial charge in [0, 0.05) is 43.8 Å². The molecule has 198 valence electrons. The normalized spacial score (nSPS) is 14.7. The maximum absolute atomic E-state index is 12.1. The number of aromatic amines is 1. The highest BCUT2D eigenvalue weighted by Gasteiger charge is 2.18. The maximum atomic E-state index is 12.1. The standard InChI is InChI=1S/C25H34N4O5S.ClH/c1-29(2)35(32,33)28-23-14-17(8-11-24(23)30)25(31)16-26-12-13-34-18-9-10-22-20(15-18)19-6-4-3-5-7-21(19)27-22;/h8-11,14-15,25-28,30-31H,3-7,12-13,16H2,1-2H3;1H/t25-;/m0./s1. The Kier molecular flexibility index (Phi) is 9.48. The molecule has 0 radical (unpaired) electrons. The fraction of sp³-hybridized carbons (Fsp3) is 0.440. The predicted octanol–water partition coefficient (Wildman–Crippen LogP) is 3.48. The Morgan fingerprint density at radius 1 is 1.11 bits per heavy atom. The van der Waals surface area contributed by atoms with Gasteiger partial charge < -0.3 is 25.3 Å². The third-order valence-electron chi connectivity index (χ3n) is 6.33. The highest BCUT2D eigenvalue weighted by molar-refractivity contribution is 7.90. The third-order valence-corrected chi connectivity index (χ3v) is 7.77. The number of fused-ring (bicyclic) bond motifs is 3. The average Bonchev–Trinajstić information content (AvgIpc) is 2.99. The van der Waals surface area contributed by atoms with Gasteiger partial charge in [0.1, 0.15) is 18.1 Å². The molecule has 0 amide bonds. The number of phenols is 1. The van der Waals surface area contributed by atoms with E-state index < -0.39 is 16.3 Å². The molecule has 9 nitrogen and oxygen atoms in total. The van der Waals surface area contributed by atoms with Crippen LogP contribution in [-0.4, -0.2) is 61.7 Å². The van der Waals surface area contributed by atoms with Crippen molar-refractivity contribution in [1.82, 2.24) is 14.6 Å². The van der Waals surface area contributed by atoms with Gasteiger partial charge >= 0.3 is 10.2 Å². The number of ether oxygens (including phenoxy) is 1. The quantitative estimate of drug-likeness (QED) is 0.153. The Bertz CT molecular complexity index is 1280. The van der Waals surface area contributed by atoms with Gasteiger partial charge in [-0.1, -0.05) is 12.5 Å². The molecule has 0 saturated carbocycles. The van der Waals surface area contributed by atoms with Gasteiger partial charge in [-0.15, -0.1) is 12.4 Å². The van der Waals surface area contributed by atoms with Crippen LogP contribution in [0.15, 0.2) is 36.4 Å². The third kappa shape index (κ3) is 6.63. The van der Waals surface area contributed by atoms with E-state index in [1.807, 2.05) is 6.07 Å². The van der Waals surface area contributed by atoms with Crippen molar-refractivity contribution in [3.8, 4) is 11.5 Å². The summed E-state index contributed by atoms with van der Waals surface area (Å²) in [6.45, 7) is 1.21. The average molecular weight is 539 g/mol. The molecule has 36 heavy (non-hydrogen) atoms. The van der Waals surface area contributed by atoms with Gasteiger partial charge in [0.15, 0.2) is 0 Å². The molecule has 3 aromatic rings. The number of H-pyrrole nitrogens is 1. The molecule has 2 aromatic carbocycles. The summed E-state index contributed by atoms with van der Waals surface area (Å²) in [4.78, 5) is 3.56. The molecule has 11 heteroatoms. The molecule has 1 aromatic heterocycles. The Morgan fingerprint density at radius 2 is 1.89 bits per heavy atom. The number of anilines is 1. The summed E-state index contributed by atoms with van der Waals surface area (Å²) >= 11 is 0. The van der Waals surface area contributed by atoms with Crippen molar-refractivity contribution in [2.45, 2.75) is 38.2 Å². The first-order chi connectivity index (χ1) is 16.7. The largest absolute Gasteiger partial charge is 0.506 e. The van der Waals surface area contributed by atoms with E-state index in [0.29, 0.717) is 18.7 Å². The SMILES string of the molecule is CN(C)S(=O)(=O)Nc1cc([C@@H](O)CNCCOc2ccc3[nH]c4c(c3c2)CCCCC4)ccc1O.Cl. The monoisotopic (exact) mass is 538 g/mol. The summed E-state index contributed by atoms with van der Waals surface area (Å²) in [5.74, 6) is 0.603. The van der Waals surface area contributed by atoms with E-state index in [2.05, 4.69) is 27.2 Å². The lowest BCUT2D eigenvalue weighted by Crippen LogP contribution is -2.29. The summed E-state index contributed by atoms with van der Waals surface area (Å²) < 4.78 is 33.3. The highest BCUT2D eigenvalue weighted by Crippen LogP contribution is 2.31. The lowest BCUT2D eigenvalue weighted by molar-refractivity contribution is 0.172. The van der Waals surface area contributed by atoms with Crippen molar-refractivity contribution in [2.24, 2.45) is 0 Å². The number of hydrogen-bond donors (Lipinski definition) is 5. The second-order valence-corrected chi connectivity index (χ2v) is 11.0. The fourth-order valence-electron chi connectivity index (χ4n) is 4.32. The first-order valence-electron chi connectivity index (χ1n) is 11.9. The Labute approximate surface area is 218 Å². The second kappa shape index (κ2) is 12.2. The first-order valence-corrected chi connectivity index (χ1v) is 13.4. The van der Waals surface area contributed by atoms with E-state index in [4.69, 9.17) is 4.74 Å². The molecular weight excluding hydrogens is 504 g/mol. The van der Waals surface area contributed by atoms with Gasteiger partial charge in [0.2, 0.25) is 0 Å². The number of aliphatic hydroxyl groups excluding tert-OH is 1. The summed E-state index contributed by atoms with van der Waals surface area (Å²) in [7, 11) is -1.01. The van der Waals surface area contributed by atoms with Crippen molar-refractivity contribution in [3.05, 3.63) is 53.2 Å². The predicted molar refractivity (Wildman–Crippen MR) is 144 cm³/mol. The van der Waals surface area contributed by atoms with Gasteiger partial charge in [-0.3, -0.25) is 4.72 Å². The van der Waals surface area contributed by atoms with Crippen molar-refractivity contribution < 1.29 is 23.4 Å². The van der Waals surface area contributed by atoms with Gasteiger partial charge in [0.25, 0.3) is 0 Å². The Morgan fingerprint density at radius 3 is 2.67 bits per heavy atom. The van der Waals surface area contributed by atoms with Crippen LogP contribution >= 0.6 is 12.4 Å². The van der Waals surface area contributed by atoms with Crippen molar-refractivity contribution in [1.29, 1.82) is 0 Å². The molecule has 1 heterocycles. The van der Waals surface area contributed by atoms with Crippen LogP contribution in [0.3, 0.4) is 0 Å². The molecule has 0 unspecified atom stereocenters. The number of aromatic nitrogens is 1. The molecule has 0 fully saturated rings. The van der Waals surface area contributed by atoms with Crippen LogP contribution < -0.4 is 14.8 Å². The number of phenolic OH excluding ortho intramolecular Hbond substituents is 1. The summed E-state index contributed by atoms with van der Waals surface area (Å²) in [5.41, 5.74) is 4.43. The van der Waals surface area contributed by atoms with Crippen LogP contribution in [0.25, 0.3) is 10.9 Å². The molecule has 5 N–H and O–H groups in total. The molecule has 1 atom stereocenters. The number of nitrogens with one attached hydrogen (secondary N) is 3. The molecule has 0 saturated heterocycles. The van der Waals surface area contributed by atoms with E-state index >= 15 is 0 Å². The number of rotatable bonds is 10. The van der Waals surface area contributed by atoms with E-state index in [0.717, 1.165) is 28.4 Å². The number of aryl methyl sites for hydroxylation is 2. The summed E-state index contributed by atoms with van der Waals surface area (Å²) in [6.07, 6.45) is 5.06. The summed E-state index contributed by atoms with van der Waals surface area (Å²) in [6, 6.07) is 10.5. The zero-order chi connectivity index (χ0) is 25.0. The van der Waals surface area contributed by atoms with Crippen LogP contribution in [0.1, 0.15) is 42.2 Å². The number of halogens is 1. The molecule has 0 aliphatic heterocycles. The van der Waals surface area contributed by atoms with Gasteiger partial charge in [-0.05, 0) is 67.1 Å².